The number of anilines is 2. The van der Waals surface area contributed by atoms with Crippen molar-refractivity contribution >= 4 is 28.3 Å². The highest BCUT2D eigenvalue weighted by Gasteiger charge is 2.28. The highest BCUT2D eigenvalue weighted by molar-refractivity contribution is 7.11. The predicted molar refractivity (Wildman–Crippen MR) is 81.2 cm³/mol. The minimum absolute atomic E-state index is 0.131. The van der Waals surface area contributed by atoms with Crippen LogP contribution in [0.25, 0.3) is 0 Å². The summed E-state index contributed by atoms with van der Waals surface area (Å²) in [7, 11) is 1.67. The van der Waals surface area contributed by atoms with E-state index < -0.39 is 0 Å². The molecule has 6 nitrogen and oxygen atoms in total. The van der Waals surface area contributed by atoms with Crippen LogP contribution in [0.15, 0.2) is 0 Å². The van der Waals surface area contributed by atoms with E-state index in [0.717, 1.165) is 30.7 Å². The summed E-state index contributed by atoms with van der Waals surface area (Å²) < 4.78 is 9.29. The highest BCUT2D eigenvalue weighted by Crippen LogP contribution is 2.29. The number of carbonyl (C=O) groups is 1. The zero-order valence-corrected chi connectivity index (χ0v) is 12.8. The van der Waals surface area contributed by atoms with E-state index in [1.54, 1.807) is 7.11 Å². The fourth-order valence-electron chi connectivity index (χ4n) is 2.04. The van der Waals surface area contributed by atoms with Crippen molar-refractivity contribution in [1.82, 2.24) is 9.69 Å². The summed E-state index contributed by atoms with van der Waals surface area (Å²) in [5.41, 5.74) is 6.30. The van der Waals surface area contributed by atoms with E-state index in [-0.39, 0.29) is 11.9 Å². The first kappa shape index (κ1) is 15.1. The van der Waals surface area contributed by atoms with Gasteiger partial charge in [-0.3, -0.25) is 4.79 Å². The maximum absolute atomic E-state index is 12.2. The number of hydrogen-bond acceptors (Lipinski definition) is 6. The molecule has 1 fully saturated rings. The van der Waals surface area contributed by atoms with Crippen molar-refractivity contribution < 1.29 is 9.53 Å². The Balaban J connectivity index is 2.07. The molecule has 2 rings (SSSR count). The van der Waals surface area contributed by atoms with Crippen LogP contribution in [-0.2, 0) is 4.74 Å². The van der Waals surface area contributed by atoms with Crippen molar-refractivity contribution in [2.45, 2.75) is 44.7 Å². The molecule has 0 aliphatic heterocycles. The van der Waals surface area contributed by atoms with Gasteiger partial charge in [-0.15, -0.1) is 0 Å². The number of hydrogen-bond donors (Lipinski definition) is 3. The summed E-state index contributed by atoms with van der Waals surface area (Å²) in [6.07, 6.45) is 4.11. The number of nitrogens with zero attached hydrogens (tertiary/aromatic N) is 1. The molecule has 1 saturated carbocycles. The highest BCUT2D eigenvalue weighted by atomic mass is 32.1. The summed E-state index contributed by atoms with van der Waals surface area (Å²) in [6, 6.07) is 0.470. The van der Waals surface area contributed by atoms with Crippen LogP contribution < -0.4 is 16.4 Å². The smallest absolute Gasteiger partial charge is 0.258 e. The summed E-state index contributed by atoms with van der Waals surface area (Å²) in [6.45, 7) is 2.71. The Bertz CT molecular complexity index is 453. The average molecular weight is 298 g/mol. The summed E-state index contributed by atoms with van der Waals surface area (Å²) in [4.78, 5) is 12.2. The fraction of sp³-hybridized carbons (Fsp3) is 0.692. The van der Waals surface area contributed by atoms with Crippen LogP contribution >= 0.6 is 11.5 Å². The molecule has 0 aromatic carbocycles. The molecule has 112 valence electrons. The third-order valence-electron chi connectivity index (χ3n) is 3.20. The van der Waals surface area contributed by atoms with Crippen LogP contribution in [0.1, 0.15) is 43.0 Å². The van der Waals surface area contributed by atoms with Gasteiger partial charge in [0.05, 0.1) is 12.6 Å². The van der Waals surface area contributed by atoms with E-state index in [4.69, 9.17) is 10.5 Å². The second-order valence-electron chi connectivity index (χ2n) is 5.10. The van der Waals surface area contributed by atoms with Gasteiger partial charge in [-0.25, -0.2) is 0 Å². The quantitative estimate of drug-likeness (QED) is 0.681. The molecule has 1 atom stereocenters. The molecule has 1 amide bonds. The van der Waals surface area contributed by atoms with Gasteiger partial charge in [0, 0.05) is 13.2 Å². The van der Waals surface area contributed by atoms with Gasteiger partial charge in [0.1, 0.15) is 10.6 Å². The van der Waals surface area contributed by atoms with Crippen molar-refractivity contribution in [3.05, 3.63) is 5.56 Å². The molecule has 7 heteroatoms. The molecule has 0 spiro atoms. The third-order valence-corrected chi connectivity index (χ3v) is 3.99. The molecule has 0 radical (unpaired) electrons. The molecule has 1 aromatic heterocycles. The van der Waals surface area contributed by atoms with Crippen molar-refractivity contribution in [2.24, 2.45) is 0 Å². The Morgan fingerprint density at radius 2 is 2.35 bits per heavy atom. The molecule has 1 aliphatic rings. The molecule has 1 aliphatic carbocycles. The number of amides is 1. The Hall–Kier alpha value is -1.34. The van der Waals surface area contributed by atoms with E-state index in [2.05, 4.69) is 21.9 Å². The standard InChI is InChI=1S/C13H22N4O2S/c1-3-4-9(7-19-2)16-13-10(11(14)17-20-13)12(18)15-8-5-6-8/h8-9,16H,3-7H2,1-2H3,(H2,14,17)(H,15,18). The van der Waals surface area contributed by atoms with Crippen LogP contribution in [-0.4, -0.2) is 36.1 Å². The van der Waals surface area contributed by atoms with E-state index in [1.165, 1.54) is 11.5 Å². The molecule has 1 unspecified atom stereocenters. The lowest BCUT2D eigenvalue weighted by molar-refractivity contribution is 0.0953. The number of nitrogens with two attached hydrogens (primary N) is 1. The Morgan fingerprint density at radius 1 is 1.60 bits per heavy atom. The monoisotopic (exact) mass is 298 g/mol. The lowest BCUT2D eigenvalue weighted by Crippen LogP contribution is -2.29. The van der Waals surface area contributed by atoms with E-state index in [9.17, 15) is 4.79 Å². The number of rotatable bonds is 8. The van der Waals surface area contributed by atoms with Gasteiger partial charge in [0.25, 0.3) is 5.91 Å². The number of aromatic nitrogens is 1. The van der Waals surface area contributed by atoms with E-state index in [0.29, 0.717) is 24.0 Å². The van der Waals surface area contributed by atoms with Crippen LogP contribution in [0.2, 0.25) is 0 Å². The topological polar surface area (TPSA) is 89.3 Å². The molecular formula is C13H22N4O2S. The lowest BCUT2D eigenvalue weighted by Gasteiger charge is -2.17. The van der Waals surface area contributed by atoms with Gasteiger partial charge in [-0.2, -0.15) is 4.37 Å². The van der Waals surface area contributed by atoms with Crippen LogP contribution in [0.3, 0.4) is 0 Å². The van der Waals surface area contributed by atoms with Gasteiger partial charge in [0.2, 0.25) is 0 Å². The fourth-order valence-corrected chi connectivity index (χ4v) is 2.83. The predicted octanol–water partition coefficient (Wildman–Crippen LogP) is 1.84. The zero-order valence-electron chi connectivity index (χ0n) is 11.9. The largest absolute Gasteiger partial charge is 0.383 e. The molecule has 1 aromatic rings. The average Bonchev–Trinajstić information content (AvgIpc) is 3.13. The molecule has 4 N–H and O–H groups in total. The number of carbonyl (C=O) groups excluding carboxylic acids is 1. The van der Waals surface area contributed by atoms with Crippen LogP contribution in [0, 0.1) is 0 Å². The molecule has 0 saturated heterocycles. The molecule has 1 heterocycles. The van der Waals surface area contributed by atoms with E-state index >= 15 is 0 Å². The number of methoxy groups -OCH3 is 1. The van der Waals surface area contributed by atoms with Crippen molar-refractivity contribution in [1.29, 1.82) is 0 Å². The third kappa shape index (κ3) is 3.83. The Kier molecular flexibility index (Phi) is 5.19. The Labute approximate surface area is 123 Å². The molecule has 20 heavy (non-hydrogen) atoms. The first-order valence-electron chi connectivity index (χ1n) is 6.97. The summed E-state index contributed by atoms with van der Waals surface area (Å²) >= 11 is 1.23. The normalized spacial score (nSPS) is 15.9. The summed E-state index contributed by atoms with van der Waals surface area (Å²) in [5, 5.41) is 7.02. The maximum atomic E-state index is 12.2. The minimum Gasteiger partial charge on any atom is -0.383 e. The van der Waals surface area contributed by atoms with Gasteiger partial charge in [0.15, 0.2) is 5.82 Å². The van der Waals surface area contributed by atoms with Crippen molar-refractivity contribution in [3.8, 4) is 0 Å². The van der Waals surface area contributed by atoms with Crippen LogP contribution in [0.4, 0.5) is 10.8 Å². The first-order valence-corrected chi connectivity index (χ1v) is 7.74. The second kappa shape index (κ2) is 6.90. The van der Waals surface area contributed by atoms with Crippen LogP contribution in [0.5, 0.6) is 0 Å². The SMILES string of the molecule is CCCC(COC)Nc1snc(N)c1C(=O)NC1CC1. The Morgan fingerprint density at radius 3 is 2.95 bits per heavy atom. The van der Waals surface area contributed by atoms with Gasteiger partial charge in [-0.1, -0.05) is 13.3 Å². The minimum atomic E-state index is -0.131. The number of ether oxygens (including phenoxy) is 1. The van der Waals surface area contributed by atoms with Gasteiger partial charge in [-0.05, 0) is 30.8 Å². The zero-order chi connectivity index (χ0) is 14.5. The first-order chi connectivity index (χ1) is 9.65. The number of nitrogens with one attached hydrogen (secondary N) is 2. The van der Waals surface area contributed by atoms with E-state index in [1.807, 2.05) is 0 Å². The van der Waals surface area contributed by atoms with Gasteiger partial charge < -0.3 is 21.1 Å². The maximum Gasteiger partial charge on any atom is 0.258 e. The lowest BCUT2D eigenvalue weighted by atomic mass is 10.1. The van der Waals surface area contributed by atoms with Gasteiger partial charge >= 0.3 is 0 Å². The summed E-state index contributed by atoms with van der Waals surface area (Å²) in [5.74, 6) is 0.164. The molecule has 0 bridgehead atoms. The number of nitrogen functional groups attached to an aromatic ring is 1. The molecular weight excluding hydrogens is 276 g/mol. The second-order valence-corrected chi connectivity index (χ2v) is 5.88. The van der Waals surface area contributed by atoms with Crippen molar-refractivity contribution in [3.63, 3.8) is 0 Å². The van der Waals surface area contributed by atoms with Crippen molar-refractivity contribution in [2.75, 3.05) is 24.8 Å².